The van der Waals surface area contributed by atoms with Gasteiger partial charge >= 0.3 is 0 Å². The number of Topliss-reactive ketones (excluding diaryl/α,β-unsaturated/α-hetero) is 1. The molecule has 834 valence electrons. The number of ketones is 1. The minimum atomic E-state index is -0.819. The topological polar surface area (TPSA) is 480 Å². The molecule has 0 saturated carbocycles. The summed E-state index contributed by atoms with van der Waals surface area (Å²) >= 11 is 0. The highest BCUT2D eigenvalue weighted by atomic mass is 16.6. The minimum absolute atomic E-state index is 0.00559. The highest BCUT2D eigenvalue weighted by Crippen LogP contribution is 2.10. The average molecular weight is 2060 g/mol. The summed E-state index contributed by atoms with van der Waals surface area (Å²) in [7, 11) is 17.1. The molecule has 0 aliphatic heterocycles. The lowest BCUT2D eigenvalue weighted by Gasteiger charge is -2.33. The molecule has 0 unspecified atom stereocenters. The highest BCUT2D eigenvalue weighted by Gasteiger charge is 2.33. The SMILES string of the molecule is COCCOCCOCCN(C)CC(=O)N(CCOCCOCCOC)CC(=O)N(CCOCCOCCOC)CC(=O)N(CCOCCOCCOC)CC(=O)N(CCOCCOCCOC)CC(=O)N(CCOCCOCCOC)CC(=O)N(CCOCCOCCOC)CC(=O)N(CCOCCOCCOC)CC(=O)N(CCOCCOCCOC)CC(=O)N(CCOCCOCCOC)CC(C)=O. The average Bonchev–Trinajstić information content (AvgIpc) is 0.852. The number of carbonyl (C=O) groups is 10. The zero-order valence-electron chi connectivity index (χ0n) is 87.3. The number of hydrogen-bond donors (Lipinski definition) is 0. The molecule has 0 bridgehead atoms. The summed E-state index contributed by atoms with van der Waals surface area (Å²) in [4.78, 5) is 162. The van der Waals surface area contributed by atoms with E-state index in [1.54, 1.807) is 33.3 Å². The van der Waals surface area contributed by atoms with E-state index >= 15 is 33.6 Å². The van der Waals surface area contributed by atoms with Crippen LogP contribution in [0.1, 0.15) is 6.92 Å². The second kappa shape index (κ2) is 102. The van der Waals surface area contributed by atoms with Crippen molar-refractivity contribution in [1.82, 2.24) is 49.0 Å². The molecule has 0 aromatic heterocycles. The molecule has 0 N–H and O–H groups in total. The Kier molecular flexibility index (Phi) is 97.3. The number of rotatable bonds is 110. The number of amides is 9. The van der Waals surface area contributed by atoms with Crippen LogP contribution in [0.3, 0.4) is 0 Å². The van der Waals surface area contributed by atoms with E-state index in [0.29, 0.717) is 112 Å². The van der Waals surface area contributed by atoms with Gasteiger partial charge in [-0.3, -0.25) is 52.8 Å². The number of ether oxygens (including phenoxy) is 30. The highest BCUT2D eigenvalue weighted by molar-refractivity contribution is 5.94. The van der Waals surface area contributed by atoms with Gasteiger partial charge in [-0.15, -0.1) is 0 Å². The van der Waals surface area contributed by atoms with Crippen molar-refractivity contribution >= 4 is 58.9 Å². The van der Waals surface area contributed by atoms with Crippen molar-refractivity contribution in [2.75, 3.05) is 539 Å². The third-order valence-electron chi connectivity index (χ3n) is 19.8. The molecular weight excluding hydrogens is 1890 g/mol. The van der Waals surface area contributed by atoms with Crippen LogP contribution in [0.2, 0.25) is 0 Å². The van der Waals surface area contributed by atoms with Gasteiger partial charge < -0.3 is 186 Å². The van der Waals surface area contributed by atoms with E-state index in [9.17, 15) is 14.4 Å². The second-order valence-electron chi connectivity index (χ2n) is 31.0. The summed E-state index contributed by atoms with van der Waals surface area (Å²) in [5, 5.41) is 0. The lowest BCUT2D eigenvalue weighted by atomic mass is 10.3. The van der Waals surface area contributed by atoms with Crippen molar-refractivity contribution in [2.45, 2.75) is 6.92 Å². The molecule has 0 aliphatic carbocycles. The van der Waals surface area contributed by atoms with Crippen LogP contribution in [-0.4, -0.2) is 647 Å². The van der Waals surface area contributed by atoms with Gasteiger partial charge in [0.25, 0.3) is 0 Å². The fourth-order valence-corrected chi connectivity index (χ4v) is 11.8. The first-order valence-electron chi connectivity index (χ1n) is 48.4. The first-order chi connectivity index (χ1) is 69.2. The van der Waals surface area contributed by atoms with Crippen LogP contribution in [0.15, 0.2) is 0 Å². The Morgan fingerprint density at radius 3 is 0.352 bits per heavy atom. The summed E-state index contributed by atoms with van der Waals surface area (Å²) < 4.78 is 166. The van der Waals surface area contributed by atoms with Crippen molar-refractivity contribution in [2.24, 2.45) is 0 Å². The van der Waals surface area contributed by atoms with Crippen LogP contribution >= 0.6 is 0 Å². The molecule has 9 amide bonds. The van der Waals surface area contributed by atoms with Crippen LogP contribution < -0.4 is 0 Å². The largest absolute Gasteiger partial charge is 0.382 e. The molecule has 0 rings (SSSR count). The Morgan fingerprint density at radius 2 is 0.232 bits per heavy atom. The van der Waals surface area contributed by atoms with Crippen molar-refractivity contribution in [3.05, 3.63) is 0 Å². The van der Waals surface area contributed by atoms with Crippen molar-refractivity contribution in [3.8, 4) is 0 Å². The Bertz CT molecular complexity index is 3010. The van der Waals surface area contributed by atoms with E-state index in [4.69, 9.17) is 142 Å². The first kappa shape index (κ1) is 136. The third kappa shape index (κ3) is 81.7. The van der Waals surface area contributed by atoms with E-state index < -0.39 is 106 Å². The number of likely N-dealkylation sites (N-methyl/N-ethyl adjacent to an activating group) is 1. The van der Waals surface area contributed by atoms with Gasteiger partial charge in [0, 0.05) is 137 Å². The summed E-state index contributed by atoms with van der Waals surface area (Å²) in [6.45, 7) is 2.05. The predicted octanol–water partition coefficient (Wildman–Crippen LogP) is -4.24. The smallest absolute Gasteiger partial charge is 0.242 e. The molecule has 0 spiro atoms. The maximum absolute atomic E-state index is 15.6. The molecule has 0 saturated heterocycles. The van der Waals surface area contributed by atoms with E-state index in [1.165, 1.54) is 81.2 Å². The summed E-state index contributed by atoms with van der Waals surface area (Å²) in [5.41, 5.74) is 0. The molecule has 0 fully saturated rings. The normalized spacial score (nSPS) is 11.4. The summed E-state index contributed by atoms with van der Waals surface area (Å²) in [6.07, 6.45) is 0. The van der Waals surface area contributed by atoms with Gasteiger partial charge in [-0.2, -0.15) is 0 Å². The molecule has 50 nitrogen and oxygen atoms in total. The maximum atomic E-state index is 15.6. The van der Waals surface area contributed by atoms with Crippen LogP contribution in [0.25, 0.3) is 0 Å². The first-order valence-corrected chi connectivity index (χ1v) is 48.4. The quantitative estimate of drug-likeness (QED) is 0.0521. The van der Waals surface area contributed by atoms with E-state index in [-0.39, 0.29) is 302 Å². The van der Waals surface area contributed by atoms with E-state index in [1.807, 2.05) is 0 Å². The molecule has 0 atom stereocenters. The Labute approximate surface area is 841 Å². The zero-order valence-corrected chi connectivity index (χ0v) is 87.3. The molecule has 0 radical (unpaired) electrons. The van der Waals surface area contributed by atoms with Crippen LogP contribution in [0.5, 0.6) is 0 Å². The van der Waals surface area contributed by atoms with Gasteiger partial charge in [0.2, 0.25) is 53.2 Å². The van der Waals surface area contributed by atoms with Gasteiger partial charge in [-0.05, 0) is 14.0 Å². The van der Waals surface area contributed by atoms with E-state index in [0.717, 1.165) is 19.6 Å². The van der Waals surface area contributed by atoms with Crippen LogP contribution in [-0.2, 0) is 190 Å². The monoisotopic (exact) mass is 2060 g/mol. The standard InChI is InChI=1S/C92H176N10O40/c1-83(103)73-94(14-24-124-54-64-134-44-34-114-4)85(105)75-96(16-26-126-56-66-136-46-36-116-6)87(107)77-98(18-28-128-58-68-138-48-38-118-8)89(109)79-100(20-30-130-60-70-140-50-40-120-10)91(111)81-102(22-32-132-62-72-142-52-42-122-12)92(112)82-101(21-31-131-61-71-141-51-41-121-11)90(110)80-99(19-29-129-59-69-139-49-39-119-9)88(108)78-97(17-27-127-57-67-137-47-37-117-7)86(106)76-95(15-25-125-55-65-135-45-35-115-5)84(104)74-93(2)13-23-123-53-63-133-43-33-113-3/h13-82H2,1-12H3. The number of methoxy groups -OCH3 is 10. The summed E-state index contributed by atoms with van der Waals surface area (Å²) in [5.74, 6) is -6.82. The van der Waals surface area contributed by atoms with Gasteiger partial charge in [0.05, 0.1) is 396 Å². The molecule has 50 heteroatoms. The number of nitrogens with zero attached hydrogens (tertiary/aromatic N) is 10. The van der Waals surface area contributed by atoms with Crippen molar-refractivity contribution in [3.63, 3.8) is 0 Å². The zero-order chi connectivity index (χ0) is 104. The molecule has 0 heterocycles. The molecule has 0 aromatic carbocycles. The summed E-state index contributed by atoms with van der Waals surface area (Å²) in [6, 6.07) is 0. The molecule has 0 aliphatic rings. The maximum Gasteiger partial charge on any atom is 0.242 e. The third-order valence-corrected chi connectivity index (χ3v) is 19.8. The minimum Gasteiger partial charge on any atom is -0.382 e. The lowest BCUT2D eigenvalue weighted by Crippen LogP contribution is -2.54. The van der Waals surface area contributed by atoms with E-state index in [2.05, 4.69) is 0 Å². The molecular formula is C92H176N10O40. The number of carbonyl (C=O) groups excluding carboxylic acids is 10. The van der Waals surface area contributed by atoms with Crippen molar-refractivity contribution < 1.29 is 190 Å². The fraction of sp³-hybridized carbons (Fsp3) is 0.891. The predicted molar refractivity (Wildman–Crippen MR) is 513 cm³/mol. The fourth-order valence-electron chi connectivity index (χ4n) is 11.8. The van der Waals surface area contributed by atoms with Crippen LogP contribution in [0.4, 0.5) is 0 Å². The van der Waals surface area contributed by atoms with Crippen molar-refractivity contribution in [1.29, 1.82) is 0 Å². The van der Waals surface area contributed by atoms with Gasteiger partial charge in [0.1, 0.15) is 5.78 Å². The number of hydrogen-bond acceptors (Lipinski definition) is 41. The van der Waals surface area contributed by atoms with Gasteiger partial charge in [0.15, 0.2) is 0 Å². The molecule has 142 heavy (non-hydrogen) atoms. The molecule has 0 aromatic rings. The van der Waals surface area contributed by atoms with Gasteiger partial charge in [-0.1, -0.05) is 0 Å². The second-order valence-corrected chi connectivity index (χ2v) is 31.0. The van der Waals surface area contributed by atoms with Crippen LogP contribution in [0, 0.1) is 0 Å². The van der Waals surface area contributed by atoms with Gasteiger partial charge in [-0.25, -0.2) is 0 Å². The lowest BCUT2D eigenvalue weighted by molar-refractivity contribution is -0.150. The Hall–Kier alpha value is -6.34. The Morgan fingerprint density at radius 1 is 0.134 bits per heavy atom. The Balaban J connectivity index is 8.53.